The van der Waals surface area contributed by atoms with Crippen LogP contribution in [0.2, 0.25) is 0 Å². The molecular weight excluding hydrogens is 394 g/mol. The molecule has 3 aliphatic heterocycles. The van der Waals surface area contributed by atoms with Gasteiger partial charge in [0.05, 0.1) is 25.5 Å². The van der Waals surface area contributed by atoms with E-state index in [4.69, 9.17) is 4.74 Å². The molecule has 2 fully saturated rings. The number of hydrogen-bond donors (Lipinski definition) is 2. The Morgan fingerprint density at radius 1 is 1.03 bits per heavy atom. The van der Waals surface area contributed by atoms with Gasteiger partial charge >= 0.3 is 0 Å². The summed E-state index contributed by atoms with van der Waals surface area (Å²) in [6, 6.07) is 14.5. The summed E-state index contributed by atoms with van der Waals surface area (Å²) < 4.78 is 5.41. The van der Waals surface area contributed by atoms with Crippen molar-refractivity contribution in [3.8, 4) is 5.75 Å². The van der Waals surface area contributed by atoms with E-state index in [1.165, 1.54) is 4.90 Å². The monoisotopic (exact) mass is 419 g/mol. The molecule has 0 unspecified atom stereocenters. The zero-order valence-electron chi connectivity index (χ0n) is 17.7. The predicted octanol–water partition coefficient (Wildman–Crippen LogP) is 2.27. The molecular formula is C24H25N3O4. The van der Waals surface area contributed by atoms with Gasteiger partial charge in [0.2, 0.25) is 17.7 Å². The standard InChI is InChI=1S/C24H25N3O4/c1-13(2)20-18-19(24(26-20)15-9-5-6-10-16(15)25-23(24)30)22(29)27(21(18)28)12-14-8-4-7-11-17(14)31-3/h4-11,13,18-20,26H,12H2,1-3H3,(H,25,30)/t18-,19-,20-,24+/m0/s1. The highest BCUT2D eigenvalue weighted by Crippen LogP contribution is 2.54. The first kappa shape index (κ1) is 19.8. The molecule has 3 amide bonds. The van der Waals surface area contributed by atoms with Crippen LogP contribution in [0, 0.1) is 17.8 Å². The van der Waals surface area contributed by atoms with Crippen LogP contribution in [-0.2, 0) is 26.5 Å². The summed E-state index contributed by atoms with van der Waals surface area (Å²) >= 11 is 0. The van der Waals surface area contributed by atoms with E-state index in [-0.39, 0.29) is 36.2 Å². The summed E-state index contributed by atoms with van der Waals surface area (Å²) in [5.41, 5.74) is 0.939. The fraction of sp³-hybridized carbons (Fsp3) is 0.375. The van der Waals surface area contributed by atoms with Gasteiger partial charge in [0.15, 0.2) is 0 Å². The van der Waals surface area contributed by atoms with E-state index in [1.807, 2.05) is 62.4 Å². The number of hydrogen-bond acceptors (Lipinski definition) is 5. The van der Waals surface area contributed by atoms with Gasteiger partial charge in [-0.25, -0.2) is 0 Å². The molecule has 0 saturated carbocycles. The molecule has 7 nitrogen and oxygen atoms in total. The van der Waals surface area contributed by atoms with Crippen LogP contribution in [0.1, 0.15) is 25.0 Å². The number of fused-ring (bicyclic) bond motifs is 4. The number of para-hydroxylation sites is 2. The lowest BCUT2D eigenvalue weighted by Gasteiger charge is -2.30. The van der Waals surface area contributed by atoms with Gasteiger partial charge < -0.3 is 10.1 Å². The summed E-state index contributed by atoms with van der Waals surface area (Å²) in [6.07, 6.45) is 0. The Labute approximate surface area is 180 Å². The molecule has 7 heteroatoms. The minimum Gasteiger partial charge on any atom is -0.496 e. The SMILES string of the molecule is COc1ccccc1CN1C(=O)[C@H]2[C@@H](C1=O)[C@@]1(N[C@H]2C(C)C)C(=O)Nc2ccccc21. The second-order valence-corrected chi connectivity index (χ2v) is 8.80. The van der Waals surface area contributed by atoms with Crippen LogP contribution >= 0.6 is 0 Å². The fourth-order valence-electron chi connectivity index (χ4n) is 5.48. The third-order valence-corrected chi connectivity index (χ3v) is 6.89. The van der Waals surface area contributed by atoms with Gasteiger partial charge in [-0.15, -0.1) is 0 Å². The highest BCUT2D eigenvalue weighted by Gasteiger charge is 2.70. The molecule has 2 aromatic rings. The Morgan fingerprint density at radius 2 is 1.74 bits per heavy atom. The number of rotatable bonds is 4. The average molecular weight is 419 g/mol. The number of imide groups is 1. The lowest BCUT2D eigenvalue weighted by Crippen LogP contribution is -2.53. The van der Waals surface area contributed by atoms with Crippen molar-refractivity contribution in [2.75, 3.05) is 12.4 Å². The van der Waals surface area contributed by atoms with Crippen LogP contribution in [-0.4, -0.2) is 35.8 Å². The normalized spacial score (nSPS) is 29.0. The summed E-state index contributed by atoms with van der Waals surface area (Å²) in [4.78, 5) is 41.9. The molecule has 2 aromatic carbocycles. The first-order chi connectivity index (χ1) is 14.9. The molecule has 1 spiro atoms. The van der Waals surface area contributed by atoms with E-state index in [2.05, 4.69) is 10.6 Å². The zero-order valence-corrected chi connectivity index (χ0v) is 17.7. The number of benzene rings is 2. The van der Waals surface area contributed by atoms with E-state index < -0.39 is 17.4 Å². The summed E-state index contributed by atoms with van der Waals surface area (Å²) in [5.74, 6) is -1.52. The Kier molecular flexibility index (Phi) is 4.41. The lowest BCUT2D eigenvalue weighted by atomic mass is 9.76. The average Bonchev–Trinajstić information content (AvgIpc) is 3.35. The van der Waals surface area contributed by atoms with Gasteiger partial charge in [-0.05, 0) is 18.1 Å². The first-order valence-corrected chi connectivity index (χ1v) is 10.6. The quantitative estimate of drug-likeness (QED) is 0.743. The molecule has 0 aliphatic carbocycles. The van der Waals surface area contributed by atoms with E-state index in [1.54, 1.807) is 7.11 Å². The summed E-state index contributed by atoms with van der Waals surface area (Å²) in [6.45, 7) is 4.14. The minimum atomic E-state index is -1.24. The maximum absolute atomic E-state index is 13.7. The summed E-state index contributed by atoms with van der Waals surface area (Å²) in [5, 5.41) is 6.35. The van der Waals surface area contributed by atoms with E-state index in [9.17, 15) is 14.4 Å². The lowest BCUT2D eigenvalue weighted by molar-refractivity contribution is -0.143. The van der Waals surface area contributed by atoms with Crippen LogP contribution < -0.4 is 15.4 Å². The van der Waals surface area contributed by atoms with Gasteiger partial charge in [-0.2, -0.15) is 0 Å². The Balaban J connectivity index is 1.60. The molecule has 2 saturated heterocycles. The summed E-state index contributed by atoms with van der Waals surface area (Å²) in [7, 11) is 1.56. The van der Waals surface area contributed by atoms with Crippen molar-refractivity contribution in [3.05, 3.63) is 59.7 Å². The van der Waals surface area contributed by atoms with Gasteiger partial charge in [-0.1, -0.05) is 50.2 Å². The van der Waals surface area contributed by atoms with Crippen LogP contribution in [0.25, 0.3) is 0 Å². The highest BCUT2D eigenvalue weighted by molar-refractivity contribution is 6.15. The molecule has 160 valence electrons. The largest absolute Gasteiger partial charge is 0.496 e. The molecule has 3 aliphatic rings. The molecule has 0 radical (unpaired) electrons. The predicted molar refractivity (Wildman–Crippen MR) is 114 cm³/mol. The number of carbonyl (C=O) groups excluding carboxylic acids is 3. The highest BCUT2D eigenvalue weighted by atomic mass is 16.5. The maximum atomic E-state index is 13.7. The Hall–Kier alpha value is -3.19. The third-order valence-electron chi connectivity index (χ3n) is 6.89. The second-order valence-electron chi connectivity index (χ2n) is 8.80. The fourth-order valence-corrected chi connectivity index (χ4v) is 5.48. The molecule has 0 aromatic heterocycles. The van der Waals surface area contributed by atoms with Crippen molar-refractivity contribution in [2.45, 2.75) is 32.0 Å². The molecule has 31 heavy (non-hydrogen) atoms. The van der Waals surface area contributed by atoms with Crippen molar-refractivity contribution in [1.29, 1.82) is 0 Å². The number of carbonyl (C=O) groups is 3. The Bertz CT molecular complexity index is 1100. The smallest absolute Gasteiger partial charge is 0.250 e. The number of methoxy groups -OCH3 is 1. The number of nitrogens with zero attached hydrogens (tertiary/aromatic N) is 1. The number of anilines is 1. The van der Waals surface area contributed by atoms with Crippen molar-refractivity contribution >= 4 is 23.4 Å². The molecule has 2 N–H and O–H groups in total. The van der Waals surface area contributed by atoms with Crippen LogP contribution in [0.3, 0.4) is 0 Å². The van der Waals surface area contributed by atoms with Crippen LogP contribution in [0.5, 0.6) is 5.75 Å². The minimum absolute atomic E-state index is 0.0652. The van der Waals surface area contributed by atoms with Crippen molar-refractivity contribution < 1.29 is 19.1 Å². The number of ether oxygens (including phenoxy) is 1. The number of nitrogens with one attached hydrogen (secondary N) is 2. The van der Waals surface area contributed by atoms with E-state index >= 15 is 0 Å². The first-order valence-electron chi connectivity index (χ1n) is 10.6. The van der Waals surface area contributed by atoms with Gasteiger partial charge in [0.1, 0.15) is 11.3 Å². The van der Waals surface area contributed by atoms with Crippen molar-refractivity contribution in [3.63, 3.8) is 0 Å². The van der Waals surface area contributed by atoms with Gasteiger partial charge in [0.25, 0.3) is 0 Å². The van der Waals surface area contributed by atoms with Crippen molar-refractivity contribution in [2.24, 2.45) is 17.8 Å². The van der Waals surface area contributed by atoms with Gasteiger partial charge in [-0.3, -0.25) is 24.6 Å². The molecule has 3 heterocycles. The molecule has 4 atom stereocenters. The number of likely N-dealkylation sites (tertiary alicyclic amines) is 1. The third kappa shape index (κ3) is 2.59. The molecule has 0 bridgehead atoms. The van der Waals surface area contributed by atoms with Crippen LogP contribution in [0.4, 0.5) is 5.69 Å². The topological polar surface area (TPSA) is 87.7 Å². The number of amides is 3. The van der Waals surface area contributed by atoms with E-state index in [0.29, 0.717) is 11.4 Å². The zero-order chi connectivity index (χ0) is 21.9. The van der Waals surface area contributed by atoms with E-state index in [0.717, 1.165) is 11.1 Å². The molecule has 5 rings (SSSR count). The van der Waals surface area contributed by atoms with Crippen LogP contribution in [0.15, 0.2) is 48.5 Å². The second kappa shape index (κ2) is 6.92. The van der Waals surface area contributed by atoms with Crippen molar-refractivity contribution in [1.82, 2.24) is 10.2 Å². The van der Waals surface area contributed by atoms with Gasteiger partial charge in [0, 0.05) is 22.9 Å². The Morgan fingerprint density at radius 3 is 2.48 bits per heavy atom. The maximum Gasteiger partial charge on any atom is 0.250 e.